The van der Waals surface area contributed by atoms with E-state index >= 15 is 0 Å². The molecule has 2 atom stereocenters. The first-order valence-electron chi connectivity index (χ1n) is 12.5. The number of benzene rings is 3. The third-order valence-electron chi connectivity index (χ3n) is 6.61. The third-order valence-corrected chi connectivity index (χ3v) is 9.19. The third kappa shape index (κ3) is 6.03. The quantitative estimate of drug-likeness (QED) is 0.300. The number of anilines is 1. The van der Waals surface area contributed by atoms with Gasteiger partial charge in [0.15, 0.2) is 5.75 Å². The molecule has 10 heteroatoms. The van der Waals surface area contributed by atoms with Gasteiger partial charge in [0.05, 0.1) is 16.6 Å². The number of ether oxygens (including phenoxy) is 1. The van der Waals surface area contributed by atoms with Crippen molar-refractivity contribution in [3.05, 3.63) is 82.6 Å². The fourth-order valence-electron chi connectivity index (χ4n) is 4.70. The molecular formula is C28H31BrFN3O4S. The Morgan fingerprint density at radius 2 is 1.79 bits per heavy atom. The van der Waals surface area contributed by atoms with Crippen LogP contribution in [-0.2, 0) is 10.0 Å². The second-order valence-electron chi connectivity index (χ2n) is 9.26. The molecule has 2 unspecified atom stereocenters. The molecular weight excluding hydrogens is 573 g/mol. The molecule has 7 nitrogen and oxygen atoms in total. The maximum atomic E-state index is 14.6. The van der Waals surface area contributed by atoms with E-state index in [2.05, 4.69) is 21.2 Å². The molecule has 0 radical (unpaired) electrons. The molecule has 1 aliphatic heterocycles. The molecule has 38 heavy (non-hydrogen) atoms. The van der Waals surface area contributed by atoms with Crippen LogP contribution in [0.25, 0.3) is 0 Å². The summed E-state index contributed by atoms with van der Waals surface area (Å²) >= 11 is 3.39. The number of nitrogens with zero attached hydrogens (tertiary/aromatic N) is 2. The Labute approximate surface area is 231 Å². The lowest BCUT2D eigenvalue weighted by Crippen LogP contribution is -2.35. The first kappa shape index (κ1) is 28.1. The lowest BCUT2D eigenvalue weighted by Gasteiger charge is -2.26. The number of urea groups is 1. The number of likely N-dealkylation sites (tertiary alicyclic amines) is 1. The minimum Gasteiger partial charge on any atom is -0.455 e. The van der Waals surface area contributed by atoms with Crippen LogP contribution in [0.5, 0.6) is 11.5 Å². The molecule has 3 aromatic rings. The van der Waals surface area contributed by atoms with Crippen molar-refractivity contribution in [3.8, 4) is 11.5 Å². The molecule has 4 rings (SSSR count). The number of carbonyl (C=O) groups excluding carboxylic acids is 1. The zero-order valence-electron chi connectivity index (χ0n) is 21.5. The van der Waals surface area contributed by atoms with E-state index in [0.29, 0.717) is 37.4 Å². The number of sulfonamides is 1. The highest BCUT2D eigenvalue weighted by Crippen LogP contribution is 2.38. The number of nitrogens with one attached hydrogen (secondary N) is 1. The molecule has 0 aliphatic carbocycles. The highest BCUT2D eigenvalue weighted by Gasteiger charge is 2.36. The number of amides is 2. The van der Waals surface area contributed by atoms with Crippen LogP contribution in [0, 0.1) is 11.7 Å². The van der Waals surface area contributed by atoms with E-state index in [1.165, 1.54) is 28.6 Å². The number of carbonyl (C=O) groups is 1. The van der Waals surface area contributed by atoms with Crippen LogP contribution < -0.4 is 10.1 Å². The van der Waals surface area contributed by atoms with Gasteiger partial charge in [0.25, 0.3) is 0 Å². The average molecular weight is 605 g/mol. The van der Waals surface area contributed by atoms with Gasteiger partial charge in [-0.25, -0.2) is 17.6 Å². The van der Waals surface area contributed by atoms with Gasteiger partial charge in [-0.15, -0.1) is 0 Å². The largest absolute Gasteiger partial charge is 0.455 e. The molecule has 1 heterocycles. The smallest absolute Gasteiger partial charge is 0.322 e. The van der Waals surface area contributed by atoms with Crippen molar-refractivity contribution in [2.45, 2.75) is 38.1 Å². The van der Waals surface area contributed by atoms with Crippen molar-refractivity contribution in [2.24, 2.45) is 5.92 Å². The summed E-state index contributed by atoms with van der Waals surface area (Å²) in [5.74, 6) is 0.602. The molecule has 0 aromatic heterocycles. The second kappa shape index (κ2) is 11.8. The van der Waals surface area contributed by atoms with Crippen molar-refractivity contribution in [2.75, 3.05) is 25.0 Å². The van der Waals surface area contributed by atoms with Crippen molar-refractivity contribution >= 4 is 37.7 Å². The number of rotatable bonds is 8. The van der Waals surface area contributed by atoms with E-state index in [4.69, 9.17) is 4.74 Å². The van der Waals surface area contributed by atoms with Gasteiger partial charge in [-0.1, -0.05) is 54.9 Å². The normalized spacial score (nSPS) is 17.6. The lowest BCUT2D eigenvalue weighted by atomic mass is 10.0. The number of hydrogen-bond acceptors (Lipinski definition) is 4. The van der Waals surface area contributed by atoms with Crippen molar-refractivity contribution in [1.29, 1.82) is 0 Å². The molecule has 3 aromatic carbocycles. The Hall–Kier alpha value is -2.95. The van der Waals surface area contributed by atoms with Crippen molar-refractivity contribution in [1.82, 2.24) is 9.21 Å². The van der Waals surface area contributed by atoms with Crippen LogP contribution in [0.15, 0.2) is 76.1 Å². The average Bonchev–Trinajstić information content (AvgIpc) is 3.28. The van der Waals surface area contributed by atoms with Crippen LogP contribution in [0.1, 0.15) is 38.8 Å². The molecule has 202 valence electrons. The molecule has 1 saturated heterocycles. The first-order chi connectivity index (χ1) is 18.1. The Morgan fingerprint density at radius 1 is 1.11 bits per heavy atom. The predicted molar refractivity (Wildman–Crippen MR) is 149 cm³/mol. The van der Waals surface area contributed by atoms with Crippen molar-refractivity contribution < 1.29 is 22.3 Å². The van der Waals surface area contributed by atoms with E-state index < -0.39 is 22.1 Å². The van der Waals surface area contributed by atoms with E-state index in [-0.39, 0.29) is 28.1 Å². The van der Waals surface area contributed by atoms with E-state index in [1.54, 1.807) is 49.1 Å². The molecule has 1 fully saturated rings. The van der Waals surface area contributed by atoms with Crippen LogP contribution in [0.2, 0.25) is 0 Å². The Kier molecular flexibility index (Phi) is 8.74. The summed E-state index contributed by atoms with van der Waals surface area (Å²) < 4.78 is 49.4. The highest BCUT2D eigenvalue weighted by molar-refractivity contribution is 9.10. The zero-order chi connectivity index (χ0) is 27.4. The van der Waals surface area contributed by atoms with E-state index in [0.717, 1.165) is 4.47 Å². The Bertz CT molecular complexity index is 1400. The van der Waals surface area contributed by atoms with Gasteiger partial charge in [-0.3, -0.25) is 0 Å². The molecule has 1 aliphatic rings. The van der Waals surface area contributed by atoms with Gasteiger partial charge < -0.3 is 15.0 Å². The summed E-state index contributed by atoms with van der Waals surface area (Å²) in [6.45, 7) is 6.62. The van der Waals surface area contributed by atoms with Gasteiger partial charge in [-0.2, -0.15) is 4.31 Å². The summed E-state index contributed by atoms with van der Waals surface area (Å²) in [4.78, 5) is 15.2. The van der Waals surface area contributed by atoms with Crippen LogP contribution in [0.3, 0.4) is 0 Å². The fourth-order valence-corrected chi connectivity index (χ4v) is 6.45. The van der Waals surface area contributed by atoms with Crippen LogP contribution in [0.4, 0.5) is 14.9 Å². The molecule has 0 bridgehead atoms. The Balaban J connectivity index is 1.70. The summed E-state index contributed by atoms with van der Waals surface area (Å²) in [7, 11) is -3.78. The molecule has 1 N–H and O–H groups in total. The Morgan fingerprint density at radius 3 is 2.45 bits per heavy atom. The van der Waals surface area contributed by atoms with Gasteiger partial charge in [-0.05, 0) is 60.9 Å². The standard InChI is InChI=1S/C28H31BrFN3O4S/c1-4-32(5-2)38(35,36)22-14-15-27(37-21-12-10-20(29)11-13-21)25(17-22)31-28(34)33-18-19(3)16-26(33)23-8-6-7-9-24(23)30/h6-15,17,19,26H,4-5,16,18H2,1-3H3,(H,31,34). The first-order valence-corrected chi connectivity index (χ1v) is 14.8. The lowest BCUT2D eigenvalue weighted by molar-refractivity contribution is 0.205. The SMILES string of the molecule is CCN(CC)S(=O)(=O)c1ccc(Oc2ccc(Br)cc2)c(NC(=O)N2CC(C)CC2c2ccccc2F)c1. The topological polar surface area (TPSA) is 79.0 Å². The van der Waals surface area contributed by atoms with Crippen LogP contribution >= 0.6 is 15.9 Å². The van der Waals surface area contributed by atoms with Gasteiger partial charge in [0.2, 0.25) is 10.0 Å². The maximum Gasteiger partial charge on any atom is 0.322 e. The number of hydrogen-bond donors (Lipinski definition) is 1. The summed E-state index contributed by atoms with van der Waals surface area (Å²) in [6.07, 6.45) is 0.618. The van der Waals surface area contributed by atoms with Gasteiger partial charge in [0, 0.05) is 29.7 Å². The second-order valence-corrected chi connectivity index (χ2v) is 12.1. The summed E-state index contributed by atoms with van der Waals surface area (Å²) in [5, 5.41) is 2.86. The fraction of sp³-hybridized carbons (Fsp3) is 0.321. The monoisotopic (exact) mass is 603 g/mol. The highest BCUT2D eigenvalue weighted by atomic mass is 79.9. The molecule has 0 saturated carbocycles. The predicted octanol–water partition coefficient (Wildman–Crippen LogP) is 7.03. The number of halogens is 2. The minimum absolute atomic E-state index is 0.0418. The summed E-state index contributed by atoms with van der Waals surface area (Å²) in [6, 6.07) is 17.1. The molecule has 0 spiro atoms. The van der Waals surface area contributed by atoms with E-state index in [1.807, 2.05) is 19.1 Å². The summed E-state index contributed by atoms with van der Waals surface area (Å²) in [5.41, 5.74) is 0.661. The van der Waals surface area contributed by atoms with E-state index in [9.17, 15) is 17.6 Å². The van der Waals surface area contributed by atoms with Crippen molar-refractivity contribution in [3.63, 3.8) is 0 Å². The minimum atomic E-state index is -3.78. The molecule has 2 amide bonds. The zero-order valence-corrected chi connectivity index (χ0v) is 23.9. The maximum absolute atomic E-state index is 14.6. The van der Waals surface area contributed by atoms with Gasteiger partial charge >= 0.3 is 6.03 Å². The van der Waals surface area contributed by atoms with Gasteiger partial charge in [0.1, 0.15) is 11.6 Å². The van der Waals surface area contributed by atoms with Crippen LogP contribution in [-0.4, -0.2) is 43.3 Å².